The fraction of sp³-hybridized carbons (Fsp3) is 0.692. The zero-order valence-corrected chi connectivity index (χ0v) is 12.4. The van der Waals surface area contributed by atoms with Crippen LogP contribution in [0.3, 0.4) is 0 Å². The zero-order chi connectivity index (χ0) is 15.0. The van der Waals surface area contributed by atoms with Crippen LogP contribution in [-0.4, -0.2) is 61.4 Å². The van der Waals surface area contributed by atoms with E-state index in [4.69, 9.17) is 4.74 Å². The molecular formula is C13H24N4O3. The Morgan fingerprint density at radius 3 is 2.95 bits per heavy atom. The minimum Gasteiger partial charge on any atom is -0.390 e. The lowest BCUT2D eigenvalue weighted by Crippen LogP contribution is -2.35. The van der Waals surface area contributed by atoms with Gasteiger partial charge in [0.15, 0.2) is 0 Å². The van der Waals surface area contributed by atoms with Crippen LogP contribution in [0.4, 0.5) is 5.69 Å². The number of methoxy groups -OCH3 is 1. The summed E-state index contributed by atoms with van der Waals surface area (Å²) >= 11 is 0. The Balaban J connectivity index is 2.65. The summed E-state index contributed by atoms with van der Waals surface area (Å²) in [5.41, 5.74) is 0.520. The first kappa shape index (κ1) is 16.6. The molecular weight excluding hydrogens is 260 g/mol. The standard InChI is InChI=1S/C13H24N4O3/c1-4-14-9-12(18)10-17-13(19)7-11(8-15-17)16(2)5-6-20-3/h7-8,12,14,18H,4-6,9-10H2,1-3H3. The Morgan fingerprint density at radius 2 is 2.35 bits per heavy atom. The molecule has 0 saturated heterocycles. The summed E-state index contributed by atoms with van der Waals surface area (Å²) in [5, 5.41) is 16.9. The molecule has 7 heteroatoms. The first-order valence-electron chi connectivity index (χ1n) is 6.74. The van der Waals surface area contributed by atoms with E-state index in [2.05, 4.69) is 10.4 Å². The van der Waals surface area contributed by atoms with E-state index in [1.165, 1.54) is 10.7 Å². The molecule has 2 N–H and O–H groups in total. The average molecular weight is 284 g/mol. The van der Waals surface area contributed by atoms with Crippen molar-refractivity contribution in [2.45, 2.75) is 19.6 Å². The first-order chi connectivity index (χ1) is 9.58. The van der Waals surface area contributed by atoms with Gasteiger partial charge in [0.1, 0.15) is 0 Å². The number of nitrogens with one attached hydrogen (secondary N) is 1. The molecule has 0 spiro atoms. The maximum Gasteiger partial charge on any atom is 0.268 e. The monoisotopic (exact) mass is 284 g/mol. The van der Waals surface area contributed by atoms with Gasteiger partial charge >= 0.3 is 0 Å². The highest BCUT2D eigenvalue weighted by molar-refractivity contribution is 5.41. The van der Waals surface area contributed by atoms with Crippen LogP contribution < -0.4 is 15.8 Å². The van der Waals surface area contributed by atoms with Crippen LogP contribution in [0.1, 0.15) is 6.92 Å². The summed E-state index contributed by atoms with van der Waals surface area (Å²) in [6.45, 7) is 4.64. The fourth-order valence-electron chi connectivity index (χ4n) is 1.70. The summed E-state index contributed by atoms with van der Waals surface area (Å²) in [6.07, 6.45) is 0.994. The lowest BCUT2D eigenvalue weighted by molar-refractivity contribution is 0.145. The Kier molecular flexibility index (Phi) is 7.21. The van der Waals surface area contributed by atoms with Gasteiger partial charge in [-0.15, -0.1) is 0 Å². The largest absolute Gasteiger partial charge is 0.390 e. The summed E-state index contributed by atoms with van der Waals surface area (Å²) in [7, 11) is 3.51. The predicted molar refractivity (Wildman–Crippen MR) is 78.2 cm³/mol. The molecule has 1 atom stereocenters. The number of hydrogen-bond donors (Lipinski definition) is 2. The molecule has 114 valence electrons. The van der Waals surface area contributed by atoms with Crippen LogP contribution in [-0.2, 0) is 11.3 Å². The molecule has 20 heavy (non-hydrogen) atoms. The fourth-order valence-corrected chi connectivity index (χ4v) is 1.70. The summed E-state index contributed by atoms with van der Waals surface area (Å²) in [4.78, 5) is 13.8. The van der Waals surface area contributed by atoms with E-state index in [-0.39, 0.29) is 12.1 Å². The number of anilines is 1. The summed E-state index contributed by atoms with van der Waals surface area (Å²) in [5.74, 6) is 0. The molecule has 0 bridgehead atoms. The molecule has 0 radical (unpaired) electrons. The van der Waals surface area contributed by atoms with E-state index in [0.717, 1.165) is 12.2 Å². The molecule has 0 amide bonds. The van der Waals surface area contributed by atoms with Crippen molar-refractivity contribution in [2.24, 2.45) is 0 Å². The second-order valence-electron chi connectivity index (χ2n) is 4.61. The Morgan fingerprint density at radius 1 is 1.60 bits per heavy atom. The van der Waals surface area contributed by atoms with E-state index >= 15 is 0 Å². The van der Waals surface area contributed by atoms with Crippen LogP contribution in [0.15, 0.2) is 17.1 Å². The van der Waals surface area contributed by atoms with E-state index in [1.54, 1.807) is 13.3 Å². The Hall–Kier alpha value is -1.44. The molecule has 0 saturated carbocycles. The molecule has 0 aliphatic heterocycles. The van der Waals surface area contributed by atoms with E-state index in [0.29, 0.717) is 19.7 Å². The van der Waals surface area contributed by atoms with E-state index < -0.39 is 6.10 Å². The molecule has 0 aromatic carbocycles. The first-order valence-corrected chi connectivity index (χ1v) is 6.74. The van der Waals surface area contributed by atoms with Gasteiger partial charge in [0, 0.05) is 33.3 Å². The molecule has 1 rings (SSSR count). The lowest BCUT2D eigenvalue weighted by Gasteiger charge is -2.19. The average Bonchev–Trinajstić information content (AvgIpc) is 2.44. The van der Waals surface area contributed by atoms with Gasteiger partial charge in [0.2, 0.25) is 0 Å². The molecule has 1 unspecified atom stereocenters. The molecule has 1 aromatic rings. The van der Waals surface area contributed by atoms with Gasteiger partial charge in [-0.3, -0.25) is 4.79 Å². The van der Waals surface area contributed by atoms with Crippen LogP contribution in [0.25, 0.3) is 0 Å². The van der Waals surface area contributed by atoms with Crippen LogP contribution in [0.5, 0.6) is 0 Å². The Labute approximate surface area is 119 Å². The third-order valence-electron chi connectivity index (χ3n) is 2.94. The van der Waals surface area contributed by atoms with Crippen molar-refractivity contribution in [2.75, 3.05) is 45.3 Å². The van der Waals surface area contributed by atoms with E-state index in [1.807, 2.05) is 18.9 Å². The number of likely N-dealkylation sites (N-methyl/N-ethyl adjacent to an activating group) is 2. The SMILES string of the molecule is CCNCC(O)Cn1ncc(N(C)CCOC)cc1=O. The van der Waals surface area contributed by atoms with Gasteiger partial charge < -0.3 is 20.1 Å². The number of ether oxygens (including phenoxy) is 1. The molecule has 0 fully saturated rings. The highest BCUT2D eigenvalue weighted by atomic mass is 16.5. The Bertz CT molecular complexity index is 449. The van der Waals surface area contributed by atoms with E-state index in [9.17, 15) is 9.90 Å². The van der Waals surface area contributed by atoms with Crippen molar-refractivity contribution in [1.82, 2.24) is 15.1 Å². The van der Waals surface area contributed by atoms with Gasteiger partial charge in [-0.25, -0.2) is 4.68 Å². The molecule has 0 aliphatic rings. The van der Waals surface area contributed by atoms with Crippen LogP contribution in [0.2, 0.25) is 0 Å². The van der Waals surface area contributed by atoms with Crippen molar-refractivity contribution < 1.29 is 9.84 Å². The normalized spacial score (nSPS) is 12.4. The molecule has 7 nitrogen and oxygen atoms in total. The van der Waals surface area contributed by atoms with Crippen molar-refractivity contribution >= 4 is 5.69 Å². The van der Waals surface area contributed by atoms with Gasteiger partial charge in [-0.05, 0) is 6.54 Å². The van der Waals surface area contributed by atoms with Gasteiger partial charge in [0.25, 0.3) is 5.56 Å². The highest BCUT2D eigenvalue weighted by Gasteiger charge is 2.09. The van der Waals surface area contributed by atoms with Crippen molar-refractivity contribution in [3.8, 4) is 0 Å². The number of nitrogens with zero attached hydrogens (tertiary/aromatic N) is 3. The maximum absolute atomic E-state index is 11.9. The van der Waals surface area contributed by atoms with Gasteiger partial charge in [0.05, 0.1) is 31.1 Å². The number of hydrogen-bond acceptors (Lipinski definition) is 6. The number of aromatic nitrogens is 2. The third-order valence-corrected chi connectivity index (χ3v) is 2.94. The lowest BCUT2D eigenvalue weighted by atomic mass is 10.3. The van der Waals surface area contributed by atoms with Gasteiger partial charge in [-0.1, -0.05) is 6.92 Å². The smallest absolute Gasteiger partial charge is 0.268 e. The number of rotatable bonds is 9. The summed E-state index contributed by atoms with van der Waals surface area (Å²) in [6, 6.07) is 1.52. The van der Waals surface area contributed by atoms with Crippen molar-refractivity contribution in [3.05, 3.63) is 22.6 Å². The molecule has 1 aromatic heterocycles. The summed E-state index contributed by atoms with van der Waals surface area (Å²) < 4.78 is 6.27. The quantitative estimate of drug-likeness (QED) is 0.624. The number of aliphatic hydroxyl groups is 1. The molecule has 1 heterocycles. The molecule has 0 aliphatic carbocycles. The number of aliphatic hydroxyl groups excluding tert-OH is 1. The minimum absolute atomic E-state index is 0.188. The topological polar surface area (TPSA) is 79.6 Å². The second-order valence-corrected chi connectivity index (χ2v) is 4.61. The predicted octanol–water partition coefficient (Wildman–Crippen LogP) is -0.704. The van der Waals surface area contributed by atoms with Crippen LogP contribution >= 0.6 is 0 Å². The minimum atomic E-state index is -0.628. The van der Waals surface area contributed by atoms with Gasteiger partial charge in [-0.2, -0.15) is 5.10 Å². The maximum atomic E-state index is 11.9. The van der Waals surface area contributed by atoms with Crippen LogP contribution in [0, 0.1) is 0 Å². The van der Waals surface area contributed by atoms with Crippen molar-refractivity contribution in [1.29, 1.82) is 0 Å². The third kappa shape index (κ3) is 5.28. The van der Waals surface area contributed by atoms with Crippen molar-refractivity contribution in [3.63, 3.8) is 0 Å². The second kappa shape index (κ2) is 8.68. The zero-order valence-electron chi connectivity index (χ0n) is 12.4. The highest BCUT2D eigenvalue weighted by Crippen LogP contribution is 2.06.